The number of fused-ring (bicyclic) bond motifs is 2. The minimum absolute atomic E-state index is 0.165. The van der Waals surface area contributed by atoms with Crippen LogP contribution in [0.3, 0.4) is 0 Å². The van der Waals surface area contributed by atoms with E-state index < -0.39 is 0 Å². The fourth-order valence-electron chi connectivity index (χ4n) is 5.08. The van der Waals surface area contributed by atoms with Gasteiger partial charge in [0.15, 0.2) is 0 Å². The van der Waals surface area contributed by atoms with E-state index in [9.17, 15) is 9.59 Å². The highest BCUT2D eigenvalue weighted by atomic mass is 16.5. The first-order chi connectivity index (χ1) is 13.0. The number of hydrogen-bond acceptors (Lipinski definition) is 4. The summed E-state index contributed by atoms with van der Waals surface area (Å²) in [6, 6.07) is 6.99. The Morgan fingerprint density at radius 3 is 2.85 bits per heavy atom. The number of carbonyl (C=O) groups excluding carboxylic acids is 2. The lowest BCUT2D eigenvalue weighted by atomic mass is 9.68. The number of hydrogen-bond donors (Lipinski definition) is 2. The van der Waals surface area contributed by atoms with Crippen LogP contribution >= 0.6 is 0 Å². The number of likely N-dealkylation sites (tertiary alicyclic amines) is 1. The summed E-state index contributed by atoms with van der Waals surface area (Å²) < 4.78 is 4.99. The van der Waals surface area contributed by atoms with Gasteiger partial charge in [-0.05, 0) is 63.1 Å². The van der Waals surface area contributed by atoms with Crippen LogP contribution < -0.4 is 10.6 Å². The Bertz CT molecular complexity index is 740. The molecule has 2 amide bonds. The second-order valence-corrected chi connectivity index (χ2v) is 8.16. The Kier molecular flexibility index (Phi) is 4.84. The predicted molar refractivity (Wildman–Crippen MR) is 104 cm³/mol. The van der Waals surface area contributed by atoms with Crippen LogP contribution in [0, 0.1) is 6.92 Å². The van der Waals surface area contributed by atoms with Crippen LogP contribution in [-0.2, 0) is 14.9 Å². The second kappa shape index (κ2) is 7.15. The molecule has 0 unspecified atom stereocenters. The Hall–Kier alpha value is -2.08. The maximum Gasteiger partial charge on any atom is 0.407 e. The maximum absolute atomic E-state index is 12.8. The average molecular weight is 371 g/mol. The second-order valence-electron chi connectivity index (χ2n) is 8.16. The number of carbonyl (C=O) groups is 2. The third kappa shape index (κ3) is 3.31. The highest BCUT2D eigenvalue weighted by Gasteiger charge is 2.49. The Morgan fingerprint density at radius 1 is 1.33 bits per heavy atom. The molecule has 2 N–H and O–H groups in total. The number of amides is 2. The van der Waals surface area contributed by atoms with E-state index in [-0.39, 0.29) is 23.5 Å². The third-order valence-electron chi connectivity index (χ3n) is 6.52. The first-order valence-corrected chi connectivity index (χ1v) is 10.1. The van der Waals surface area contributed by atoms with Crippen LogP contribution in [-0.4, -0.2) is 48.7 Å². The lowest BCUT2D eigenvalue weighted by molar-refractivity contribution is -0.122. The summed E-state index contributed by atoms with van der Waals surface area (Å²) in [7, 11) is 0. The molecule has 1 aliphatic carbocycles. The highest BCUT2D eigenvalue weighted by Crippen LogP contribution is 2.48. The van der Waals surface area contributed by atoms with Gasteiger partial charge < -0.3 is 15.4 Å². The van der Waals surface area contributed by atoms with Gasteiger partial charge in [-0.1, -0.05) is 12.1 Å². The molecule has 146 valence electrons. The molecule has 2 aliphatic heterocycles. The standard InChI is InChI=1S/C21H29N3O3/c1-3-27-20(26)22-15-8-11-24(13-15)16-6-9-21(10-7-16)17-5-4-14(2)12-18(17)23-19(21)25/h4-5,12,15-16H,3,6-11,13H2,1-2H3,(H,22,26)(H,23,25)/t15-,16?,21?/m0/s1. The van der Waals surface area contributed by atoms with Crippen molar-refractivity contribution in [2.75, 3.05) is 25.0 Å². The Balaban J connectivity index is 1.38. The molecule has 6 nitrogen and oxygen atoms in total. The molecule has 2 fully saturated rings. The summed E-state index contributed by atoms with van der Waals surface area (Å²) in [6.07, 6.45) is 4.47. The molecule has 1 saturated heterocycles. The number of alkyl carbamates (subject to hydrolysis) is 1. The first kappa shape index (κ1) is 18.3. The normalized spacial score (nSPS) is 30.2. The number of benzene rings is 1. The van der Waals surface area contributed by atoms with Crippen molar-refractivity contribution in [3.63, 3.8) is 0 Å². The zero-order valence-electron chi connectivity index (χ0n) is 16.2. The van der Waals surface area contributed by atoms with Crippen LogP contribution in [0.1, 0.15) is 50.2 Å². The van der Waals surface area contributed by atoms with Gasteiger partial charge in [0.25, 0.3) is 0 Å². The van der Waals surface area contributed by atoms with Crippen molar-refractivity contribution in [1.82, 2.24) is 10.2 Å². The van der Waals surface area contributed by atoms with E-state index in [1.807, 2.05) is 6.92 Å². The van der Waals surface area contributed by atoms with E-state index in [0.717, 1.165) is 50.9 Å². The van der Waals surface area contributed by atoms with Crippen LogP contribution in [0.25, 0.3) is 0 Å². The molecule has 1 aromatic rings. The molecular formula is C21H29N3O3. The van der Waals surface area contributed by atoms with E-state index in [1.165, 1.54) is 11.1 Å². The summed E-state index contributed by atoms with van der Waals surface area (Å²) >= 11 is 0. The van der Waals surface area contributed by atoms with Gasteiger partial charge in [0.2, 0.25) is 5.91 Å². The van der Waals surface area contributed by atoms with Gasteiger partial charge in [0.1, 0.15) is 0 Å². The van der Waals surface area contributed by atoms with Crippen LogP contribution in [0.2, 0.25) is 0 Å². The number of anilines is 1. The van der Waals surface area contributed by atoms with Crippen molar-refractivity contribution >= 4 is 17.7 Å². The summed E-state index contributed by atoms with van der Waals surface area (Å²) in [5.41, 5.74) is 3.01. The number of ether oxygens (including phenoxy) is 1. The van der Waals surface area contributed by atoms with Crippen molar-refractivity contribution in [3.8, 4) is 0 Å². The number of rotatable bonds is 3. The van der Waals surface area contributed by atoms with Crippen molar-refractivity contribution in [1.29, 1.82) is 0 Å². The van der Waals surface area contributed by atoms with E-state index in [0.29, 0.717) is 12.6 Å². The van der Waals surface area contributed by atoms with Gasteiger partial charge in [0, 0.05) is 30.9 Å². The monoisotopic (exact) mass is 371 g/mol. The predicted octanol–water partition coefficient (Wildman–Crippen LogP) is 2.95. The molecule has 27 heavy (non-hydrogen) atoms. The van der Waals surface area contributed by atoms with E-state index in [4.69, 9.17) is 4.74 Å². The lowest BCUT2D eigenvalue weighted by Gasteiger charge is -2.39. The number of nitrogens with zero attached hydrogens (tertiary/aromatic N) is 1. The third-order valence-corrected chi connectivity index (χ3v) is 6.52. The summed E-state index contributed by atoms with van der Waals surface area (Å²) in [6.45, 7) is 6.14. The van der Waals surface area contributed by atoms with Gasteiger partial charge in [0.05, 0.1) is 12.0 Å². The molecule has 0 radical (unpaired) electrons. The molecule has 3 aliphatic rings. The van der Waals surface area contributed by atoms with E-state index in [1.54, 1.807) is 0 Å². The molecule has 4 rings (SSSR count). The van der Waals surface area contributed by atoms with Crippen LogP contribution in [0.15, 0.2) is 18.2 Å². The Labute approximate surface area is 160 Å². The average Bonchev–Trinajstić information content (AvgIpc) is 3.19. The summed E-state index contributed by atoms with van der Waals surface area (Å²) in [5.74, 6) is 0.171. The zero-order valence-corrected chi connectivity index (χ0v) is 16.2. The molecule has 1 spiro atoms. The van der Waals surface area contributed by atoms with Crippen molar-refractivity contribution < 1.29 is 14.3 Å². The zero-order chi connectivity index (χ0) is 19.0. The molecule has 0 bridgehead atoms. The summed E-state index contributed by atoms with van der Waals surface area (Å²) in [4.78, 5) is 26.9. The molecule has 1 atom stereocenters. The van der Waals surface area contributed by atoms with Crippen LogP contribution in [0.4, 0.5) is 10.5 Å². The van der Waals surface area contributed by atoms with Crippen molar-refractivity contribution in [3.05, 3.63) is 29.3 Å². The fraction of sp³-hybridized carbons (Fsp3) is 0.619. The lowest BCUT2D eigenvalue weighted by Crippen LogP contribution is -2.45. The molecule has 6 heteroatoms. The van der Waals surface area contributed by atoms with E-state index >= 15 is 0 Å². The van der Waals surface area contributed by atoms with Crippen molar-refractivity contribution in [2.24, 2.45) is 0 Å². The maximum atomic E-state index is 12.8. The van der Waals surface area contributed by atoms with Gasteiger partial charge in [-0.3, -0.25) is 9.69 Å². The largest absolute Gasteiger partial charge is 0.450 e. The molecular weight excluding hydrogens is 342 g/mol. The topological polar surface area (TPSA) is 70.7 Å². The van der Waals surface area contributed by atoms with Gasteiger partial charge in [-0.15, -0.1) is 0 Å². The van der Waals surface area contributed by atoms with Gasteiger partial charge >= 0.3 is 6.09 Å². The quantitative estimate of drug-likeness (QED) is 0.857. The molecule has 1 saturated carbocycles. The van der Waals surface area contributed by atoms with Gasteiger partial charge in [-0.2, -0.15) is 0 Å². The highest BCUT2D eigenvalue weighted by molar-refractivity contribution is 6.06. The van der Waals surface area contributed by atoms with Gasteiger partial charge in [-0.25, -0.2) is 4.79 Å². The van der Waals surface area contributed by atoms with Crippen LogP contribution in [0.5, 0.6) is 0 Å². The first-order valence-electron chi connectivity index (χ1n) is 10.1. The van der Waals surface area contributed by atoms with Crippen molar-refractivity contribution in [2.45, 2.75) is 63.5 Å². The number of aryl methyl sites for hydroxylation is 1. The molecule has 2 heterocycles. The number of nitrogens with one attached hydrogen (secondary N) is 2. The smallest absolute Gasteiger partial charge is 0.407 e. The van der Waals surface area contributed by atoms with E-state index in [2.05, 4.69) is 40.7 Å². The SMILES string of the molecule is CCOC(=O)N[C@H]1CCN(C2CCC3(CC2)C(=O)Nc2cc(C)ccc23)C1. The molecule has 1 aromatic carbocycles. The minimum atomic E-state index is -0.345. The molecule has 0 aromatic heterocycles. The minimum Gasteiger partial charge on any atom is -0.450 e. The summed E-state index contributed by atoms with van der Waals surface area (Å²) in [5, 5.41) is 6.07. The fourth-order valence-corrected chi connectivity index (χ4v) is 5.08. The Morgan fingerprint density at radius 2 is 2.11 bits per heavy atom.